The van der Waals surface area contributed by atoms with Gasteiger partial charge in [0, 0.05) is 23.4 Å². The maximum absolute atomic E-state index is 12.9. The molecule has 0 fully saturated rings. The van der Waals surface area contributed by atoms with Gasteiger partial charge in [-0.05, 0) is 48.0 Å². The van der Waals surface area contributed by atoms with E-state index in [1.54, 1.807) is 53.3 Å². The van der Waals surface area contributed by atoms with Crippen molar-refractivity contribution in [2.24, 2.45) is 0 Å². The van der Waals surface area contributed by atoms with Crippen molar-refractivity contribution in [2.75, 3.05) is 5.32 Å². The minimum atomic E-state index is -4.95. The van der Waals surface area contributed by atoms with Crippen molar-refractivity contribution in [3.8, 4) is 11.5 Å². The normalized spacial score (nSPS) is 11.0. The molecule has 0 spiro atoms. The van der Waals surface area contributed by atoms with Crippen LogP contribution in [0.1, 0.15) is 21.5 Å². The highest BCUT2D eigenvalue weighted by Gasteiger charge is 2.13. The first-order valence-corrected chi connectivity index (χ1v) is 10.7. The Labute approximate surface area is 184 Å². The molecule has 0 radical (unpaired) electrons. The predicted molar refractivity (Wildman–Crippen MR) is 116 cm³/mol. The number of carboxylic acid groups (broad SMARTS) is 1. The molecule has 8 nitrogen and oxygen atoms in total. The number of nitrogens with one attached hydrogen (secondary N) is 2. The van der Waals surface area contributed by atoms with E-state index in [0.717, 1.165) is 0 Å². The summed E-state index contributed by atoms with van der Waals surface area (Å²) in [5, 5.41) is 11.7. The van der Waals surface area contributed by atoms with Crippen LogP contribution >= 0.6 is 0 Å². The zero-order valence-corrected chi connectivity index (χ0v) is 17.4. The third-order valence-corrected chi connectivity index (χ3v) is 4.78. The van der Waals surface area contributed by atoms with E-state index in [2.05, 4.69) is 5.32 Å². The average molecular weight is 458 g/mol. The fourth-order valence-corrected chi connectivity index (χ4v) is 3.17. The van der Waals surface area contributed by atoms with Crippen LogP contribution < -0.4 is 14.8 Å². The van der Waals surface area contributed by atoms with Crippen molar-refractivity contribution >= 4 is 28.0 Å². The Hall–Kier alpha value is -3.76. The highest BCUT2D eigenvalue weighted by molar-refractivity contribution is 7.84. The highest BCUT2D eigenvalue weighted by atomic mass is 32.3. The molecule has 0 aliphatic heterocycles. The summed E-state index contributed by atoms with van der Waals surface area (Å²) in [6, 6.07) is 19.6. The van der Waals surface area contributed by atoms with Crippen molar-refractivity contribution in [1.82, 2.24) is 4.72 Å². The van der Waals surface area contributed by atoms with E-state index < -0.39 is 22.9 Å². The predicted octanol–water partition coefficient (Wildman–Crippen LogP) is 3.66. The summed E-state index contributed by atoms with van der Waals surface area (Å²) >= 11 is 0. The molecule has 0 unspecified atom stereocenters. The van der Waals surface area contributed by atoms with Gasteiger partial charge in [-0.2, -0.15) is 13.1 Å². The SMILES string of the molecule is O=C(O)Cc1ccc(Oc2ccc(NC(=O)c3ccccc3)cc2)c(CNS(=O)(=O)F)c1. The number of carbonyl (C=O) groups excluding carboxylic acids is 1. The molecule has 1 amide bonds. The van der Waals surface area contributed by atoms with Gasteiger partial charge in [0.05, 0.1) is 6.42 Å². The minimum absolute atomic E-state index is 0.219. The molecule has 0 bridgehead atoms. The van der Waals surface area contributed by atoms with Crippen LogP contribution in [0.25, 0.3) is 0 Å². The standard InChI is InChI=1S/C22H19FN2O6S/c23-32(29,30)24-14-17-12-15(13-21(26)27)6-11-20(17)31-19-9-7-18(8-10-19)25-22(28)16-4-2-1-3-5-16/h1-12,24H,13-14H2,(H,25,28)(H,26,27). The molecule has 0 aromatic heterocycles. The van der Waals surface area contributed by atoms with E-state index in [1.807, 2.05) is 6.07 Å². The fraction of sp³-hybridized carbons (Fsp3) is 0.0909. The van der Waals surface area contributed by atoms with Crippen LogP contribution in [-0.4, -0.2) is 25.4 Å². The molecular weight excluding hydrogens is 439 g/mol. The Bertz CT molecular complexity index is 1210. The van der Waals surface area contributed by atoms with Crippen molar-refractivity contribution < 1.29 is 31.7 Å². The number of hydrogen-bond acceptors (Lipinski definition) is 5. The van der Waals surface area contributed by atoms with E-state index in [-0.39, 0.29) is 23.6 Å². The van der Waals surface area contributed by atoms with E-state index in [1.165, 1.54) is 18.2 Å². The number of ether oxygens (including phenoxy) is 1. The van der Waals surface area contributed by atoms with Gasteiger partial charge in [-0.3, -0.25) is 9.59 Å². The topological polar surface area (TPSA) is 122 Å². The quantitative estimate of drug-likeness (QED) is 0.421. The molecule has 0 saturated carbocycles. The molecule has 0 aliphatic carbocycles. The van der Waals surface area contributed by atoms with Gasteiger partial charge in [-0.25, -0.2) is 0 Å². The van der Waals surface area contributed by atoms with Gasteiger partial charge in [0.15, 0.2) is 0 Å². The average Bonchev–Trinajstić information content (AvgIpc) is 2.74. The Morgan fingerprint density at radius 3 is 2.28 bits per heavy atom. The highest BCUT2D eigenvalue weighted by Crippen LogP contribution is 2.28. The first-order valence-electron chi connectivity index (χ1n) is 9.37. The van der Waals surface area contributed by atoms with Crippen molar-refractivity contribution in [3.63, 3.8) is 0 Å². The summed E-state index contributed by atoms with van der Waals surface area (Å²) in [5.74, 6) is -0.743. The lowest BCUT2D eigenvalue weighted by atomic mass is 10.1. The monoisotopic (exact) mass is 458 g/mol. The van der Waals surface area contributed by atoms with Gasteiger partial charge in [-0.15, -0.1) is 0 Å². The van der Waals surface area contributed by atoms with Gasteiger partial charge in [0.1, 0.15) is 11.5 Å². The zero-order chi connectivity index (χ0) is 23.1. The van der Waals surface area contributed by atoms with Gasteiger partial charge >= 0.3 is 16.4 Å². The van der Waals surface area contributed by atoms with Crippen LogP contribution in [0, 0.1) is 0 Å². The van der Waals surface area contributed by atoms with Crippen molar-refractivity contribution in [2.45, 2.75) is 13.0 Å². The first-order chi connectivity index (χ1) is 15.2. The third-order valence-electron chi connectivity index (χ3n) is 4.29. The Morgan fingerprint density at radius 2 is 1.66 bits per heavy atom. The maximum Gasteiger partial charge on any atom is 0.372 e. The molecule has 10 heteroatoms. The second-order valence-electron chi connectivity index (χ2n) is 6.72. The Balaban J connectivity index is 1.75. The molecule has 0 saturated heterocycles. The van der Waals surface area contributed by atoms with Crippen LogP contribution in [-0.2, 0) is 28.2 Å². The van der Waals surface area contributed by atoms with Gasteiger partial charge in [-0.1, -0.05) is 34.2 Å². The second-order valence-corrected chi connectivity index (χ2v) is 7.88. The number of hydrogen-bond donors (Lipinski definition) is 3. The number of benzene rings is 3. The summed E-state index contributed by atoms with van der Waals surface area (Å²) < 4.78 is 42.0. The van der Waals surface area contributed by atoms with Crippen LogP contribution in [0.15, 0.2) is 72.8 Å². The summed E-state index contributed by atoms with van der Waals surface area (Å²) in [6.07, 6.45) is -0.286. The number of aliphatic carboxylic acids is 1. The van der Waals surface area contributed by atoms with Crippen LogP contribution in [0.3, 0.4) is 0 Å². The Kier molecular flexibility index (Phi) is 7.18. The number of halogens is 1. The molecule has 3 N–H and O–H groups in total. The van der Waals surface area contributed by atoms with Crippen molar-refractivity contribution in [1.29, 1.82) is 0 Å². The van der Waals surface area contributed by atoms with Gasteiger partial charge in [0.25, 0.3) is 5.91 Å². The largest absolute Gasteiger partial charge is 0.481 e. The molecule has 0 atom stereocenters. The maximum atomic E-state index is 12.9. The van der Waals surface area contributed by atoms with Gasteiger partial charge < -0.3 is 15.2 Å². The first kappa shape index (κ1) is 22.9. The van der Waals surface area contributed by atoms with Gasteiger partial charge in [0.2, 0.25) is 0 Å². The zero-order valence-electron chi connectivity index (χ0n) is 16.6. The number of carboxylic acids is 1. The number of carbonyl (C=O) groups is 2. The van der Waals surface area contributed by atoms with Crippen LogP contribution in [0.2, 0.25) is 0 Å². The smallest absolute Gasteiger partial charge is 0.372 e. The van der Waals surface area contributed by atoms with Crippen molar-refractivity contribution in [3.05, 3.63) is 89.5 Å². The van der Waals surface area contributed by atoms with E-state index in [4.69, 9.17) is 9.84 Å². The van der Waals surface area contributed by atoms with Crippen LogP contribution in [0.4, 0.5) is 9.57 Å². The minimum Gasteiger partial charge on any atom is -0.481 e. The molecule has 3 rings (SSSR count). The Morgan fingerprint density at radius 1 is 0.969 bits per heavy atom. The molecular formula is C22H19FN2O6S. The molecule has 166 valence electrons. The lowest BCUT2D eigenvalue weighted by Crippen LogP contribution is -2.18. The summed E-state index contributed by atoms with van der Waals surface area (Å²) in [7, 11) is -4.95. The summed E-state index contributed by atoms with van der Waals surface area (Å²) in [6.45, 7) is -0.424. The number of rotatable bonds is 9. The lowest BCUT2D eigenvalue weighted by Gasteiger charge is -2.13. The van der Waals surface area contributed by atoms with E-state index >= 15 is 0 Å². The van der Waals surface area contributed by atoms with E-state index in [9.17, 15) is 21.9 Å². The summed E-state index contributed by atoms with van der Waals surface area (Å²) in [5.41, 5.74) is 1.70. The molecule has 32 heavy (non-hydrogen) atoms. The van der Waals surface area contributed by atoms with E-state index in [0.29, 0.717) is 22.6 Å². The summed E-state index contributed by atoms with van der Waals surface area (Å²) in [4.78, 5) is 23.2. The molecule has 0 aliphatic rings. The fourth-order valence-electron chi connectivity index (χ4n) is 2.85. The molecule has 3 aromatic rings. The molecule has 3 aromatic carbocycles. The number of amides is 1. The van der Waals surface area contributed by atoms with Crippen LogP contribution in [0.5, 0.6) is 11.5 Å². The number of anilines is 1. The second kappa shape index (κ2) is 10.0. The lowest BCUT2D eigenvalue weighted by molar-refractivity contribution is -0.136. The third kappa shape index (κ3) is 6.89. The molecule has 0 heterocycles.